The van der Waals surface area contributed by atoms with Crippen LogP contribution in [0.4, 0.5) is 0 Å². The zero-order valence-electron chi connectivity index (χ0n) is 11.7. The van der Waals surface area contributed by atoms with E-state index >= 15 is 0 Å². The van der Waals surface area contributed by atoms with E-state index in [4.69, 9.17) is 4.55 Å². The zero-order valence-corrected chi connectivity index (χ0v) is 14.5. The van der Waals surface area contributed by atoms with Crippen LogP contribution in [0.15, 0.2) is 35.2 Å². The molecule has 23 heavy (non-hydrogen) atoms. The molecule has 0 bridgehead atoms. The van der Waals surface area contributed by atoms with Gasteiger partial charge in [0.2, 0.25) is 0 Å². The Labute approximate surface area is 152 Å². The fourth-order valence-corrected chi connectivity index (χ4v) is 3.02. The Balaban J connectivity index is 0.00000192. The van der Waals surface area contributed by atoms with Crippen molar-refractivity contribution in [3.8, 4) is 11.5 Å². The first kappa shape index (κ1) is 17.6. The van der Waals surface area contributed by atoms with Gasteiger partial charge in [0.1, 0.15) is 10.6 Å². The number of phenols is 1. The minimum atomic E-state index is -4.92. The van der Waals surface area contributed by atoms with Crippen molar-refractivity contribution in [2.75, 3.05) is 0 Å². The number of ketones is 2. The van der Waals surface area contributed by atoms with E-state index in [1.807, 2.05) is 0 Å². The van der Waals surface area contributed by atoms with Crippen molar-refractivity contribution >= 4 is 21.7 Å². The van der Waals surface area contributed by atoms with Crippen LogP contribution < -0.4 is 34.7 Å². The standard InChI is InChI=1S/C14H8O7S.Na/c15-8-5-9(22(19,20)21)14(18)11-10(8)12(16)6-3-1-2-4-7(6)13(11)17;/h1-5,15,18H,(H,19,20,21);/q;+1/p-1. The third-order valence-corrected chi connectivity index (χ3v) is 4.24. The Hall–Kier alpha value is -1.71. The second kappa shape index (κ2) is 5.73. The summed E-state index contributed by atoms with van der Waals surface area (Å²) in [5.41, 5.74) is -1.37. The molecule has 2 aromatic rings. The van der Waals surface area contributed by atoms with E-state index < -0.39 is 49.2 Å². The predicted molar refractivity (Wildman–Crippen MR) is 70.7 cm³/mol. The molecule has 0 saturated heterocycles. The third-order valence-electron chi connectivity index (χ3n) is 3.38. The fourth-order valence-electron chi connectivity index (χ4n) is 2.42. The monoisotopic (exact) mass is 342 g/mol. The van der Waals surface area contributed by atoms with Gasteiger partial charge in [0.15, 0.2) is 11.6 Å². The molecule has 7 nitrogen and oxygen atoms in total. The minimum Gasteiger partial charge on any atom is -0.872 e. The number of benzene rings is 2. The summed E-state index contributed by atoms with van der Waals surface area (Å²) in [6.07, 6.45) is 0. The third kappa shape index (κ3) is 2.58. The number of phenolic OH excluding ortho intramolecular Hbond substituents is 1. The smallest absolute Gasteiger partial charge is 0.872 e. The Bertz CT molecular complexity index is 963. The average molecular weight is 342 g/mol. The number of hydrogen-bond donors (Lipinski definition) is 2. The number of fused-ring (bicyclic) bond motifs is 2. The molecule has 2 N–H and O–H groups in total. The molecule has 0 radical (unpaired) electrons. The molecular weight excluding hydrogens is 335 g/mol. The van der Waals surface area contributed by atoms with Crippen molar-refractivity contribution in [3.63, 3.8) is 0 Å². The molecule has 2 aromatic carbocycles. The molecule has 3 rings (SSSR count). The maximum absolute atomic E-state index is 12.4. The van der Waals surface area contributed by atoms with Crippen LogP contribution in [0.1, 0.15) is 31.8 Å². The topological polar surface area (TPSA) is 132 Å². The molecule has 0 atom stereocenters. The molecular formula is C14H7NaO7S. The molecule has 0 heterocycles. The second-order valence-electron chi connectivity index (χ2n) is 4.65. The quantitative estimate of drug-likeness (QED) is 0.369. The Kier molecular flexibility index (Phi) is 4.40. The van der Waals surface area contributed by atoms with Gasteiger partial charge in [-0.2, -0.15) is 8.42 Å². The van der Waals surface area contributed by atoms with Crippen LogP contribution in [0.3, 0.4) is 0 Å². The van der Waals surface area contributed by atoms with Gasteiger partial charge in [0.25, 0.3) is 10.1 Å². The number of rotatable bonds is 1. The fraction of sp³-hybridized carbons (Fsp3) is 0. The normalized spacial score (nSPS) is 13.1. The van der Waals surface area contributed by atoms with E-state index in [9.17, 15) is 28.2 Å². The zero-order chi connectivity index (χ0) is 16.2. The van der Waals surface area contributed by atoms with Crippen molar-refractivity contribution in [1.82, 2.24) is 0 Å². The minimum absolute atomic E-state index is 0. The summed E-state index contributed by atoms with van der Waals surface area (Å²) >= 11 is 0. The Morgan fingerprint density at radius 2 is 1.43 bits per heavy atom. The van der Waals surface area contributed by atoms with Crippen molar-refractivity contribution in [2.24, 2.45) is 0 Å². The molecule has 1 aliphatic carbocycles. The molecule has 0 spiro atoms. The summed E-state index contributed by atoms with van der Waals surface area (Å²) in [7, 11) is -4.92. The van der Waals surface area contributed by atoms with Gasteiger partial charge in [0.05, 0.1) is 5.56 Å². The average Bonchev–Trinajstić information content (AvgIpc) is 2.45. The molecule has 0 unspecified atom stereocenters. The van der Waals surface area contributed by atoms with Crippen molar-refractivity contribution in [2.45, 2.75) is 4.90 Å². The van der Waals surface area contributed by atoms with E-state index in [1.54, 1.807) is 0 Å². The molecule has 9 heteroatoms. The SMILES string of the molecule is O=C1c2ccccc2C(=O)c2c(O)c(S(=O)(=O)O)cc([O-])c21.[Na+]. The summed E-state index contributed by atoms with van der Waals surface area (Å²) in [6.45, 7) is 0. The number of carbonyl (C=O) groups excluding carboxylic acids is 2. The molecule has 112 valence electrons. The molecule has 0 aromatic heterocycles. The van der Waals surface area contributed by atoms with Crippen molar-refractivity contribution in [3.05, 3.63) is 52.6 Å². The molecule has 0 fully saturated rings. The second-order valence-corrected chi connectivity index (χ2v) is 6.04. The van der Waals surface area contributed by atoms with Crippen LogP contribution in [0.25, 0.3) is 0 Å². The summed E-state index contributed by atoms with van der Waals surface area (Å²) in [5.74, 6) is -3.81. The van der Waals surface area contributed by atoms with Crippen molar-refractivity contribution in [1.29, 1.82) is 0 Å². The molecule has 1 aliphatic rings. The largest absolute Gasteiger partial charge is 1.00 e. The van der Waals surface area contributed by atoms with Crippen LogP contribution in [0, 0.1) is 0 Å². The van der Waals surface area contributed by atoms with E-state index in [0.717, 1.165) is 0 Å². The maximum Gasteiger partial charge on any atom is 1.00 e. The van der Waals surface area contributed by atoms with Crippen LogP contribution >= 0.6 is 0 Å². The van der Waals surface area contributed by atoms with Crippen LogP contribution in [0.5, 0.6) is 11.5 Å². The Morgan fingerprint density at radius 3 is 1.91 bits per heavy atom. The first-order chi connectivity index (χ1) is 10.2. The summed E-state index contributed by atoms with van der Waals surface area (Å²) in [6, 6.07) is 6.08. The van der Waals surface area contributed by atoms with Gasteiger partial charge in [-0.05, 0) is 6.07 Å². The van der Waals surface area contributed by atoms with E-state index in [-0.39, 0.29) is 40.7 Å². The van der Waals surface area contributed by atoms with E-state index in [2.05, 4.69) is 0 Å². The van der Waals surface area contributed by atoms with Crippen LogP contribution in [-0.2, 0) is 10.1 Å². The molecule has 0 amide bonds. The first-order valence-corrected chi connectivity index (χ1v) is 7.40. The van der Waals surface area contributed by atoms with Gasteiger partial charge in [-0.3, -0.25) is 14.1 Å². The van der Waals surface area contributed by atoms with Crippen molar-refractivity contribution < 1.29 is 62.3 Å². The number of hydrogen-bond acceptors (Lipinski definition) is 6. The van der Waals surface area contributed by atoms with Gasteiger partial charge in [-0.15, -0.1) is 0 Å². The van der Waals surface area contributed by atoms with E-state index in [0.29, 0.717) is 6.07 Å². The number of carbonyl (C=O) groups is 2. The molecule has 0 saturated carbocycles. The van der Waals surface area contributed by atoms with Gasteiger partial charge in [-0.25, -0.2) is 0 Å². The summed E-state index contributed by atoms with van der Waals surface area (Å²) in [4.78, 5) is 23.6. The maximum atomic E-state index is 12.4. The van der Waals surface area contributed by atoms with E-state index in [1.165, 1.54) is 24.3 Å². The van der Waals surface area contributed by atoms with Crippen LogP contribution in [-0.4, -0.2) is 29.6 Å². The van der Waals surface area contributed by atoms with Gasteiger partial charge >= 0.3 is 29.6 Å². The summed E-state index contributed by atoms with van der Waals surface area (Å²) in [5, 5.41) is 21.9. The number of aromatic hydroxyl groups is 1. The predicted octanol–water partition coefficient (Wildman–Crippen LogP) is -2.51. The first-order valence-electron chi connectivity index (χ1n) is 5.96. The van der Waals surface area contributed by atoms with Gasteiger partial charge in [0, 0.05) is 16.7 Å². The Morgan fingerprint density at radius 1 is 0.957 bits per heavy atom. The van der Waals surface area contributed by atoms with Crippen LogP contribution in [0.2, 0.25) is 0 Å². The van der Waals surface area contributed by atoms with Gasteiger partial charge in [-0.1, -0.05) is 30.0 Å². The van der Waals surface area contributed by atoms with Gasteiger partial charge < -0.3 is 10.2 Å². The molecule has 0 aliphatic heterocycles. The summed E-state index contributed by atoms with van der Waals surface area (Å²) < 4.78 is 31.4.